The SMILES string of the molecule is CCc1ccc(NC(=O)CCc2cc3ccc(OC)cc3[nH]c2=O)cc1. The molecule has 0 unspecified atom stereocenters. The Morgan fingerprint density at radius 2 is 1.88 bits per heavy atom. The molecule has 0 saturated carbocycles. The Hall–Kier alpha value is -3.08. The van der Waals surface area contributed by atoms with Crippen molar-refractivity contribution in [1.29, 1.82) is 0 Å². The minimum atomic E-state index is -0.175. The van der Waals surface area contributed by atoms with Crippen molar-refractivity contribution in [3.63, 3.8) is 0 Å². The van der Waals surface area contributed by atoms with Gasteiger partial charge in [-0.3, -0.25) is 9.59 Å². The van der Waals surface area contributed by atoms with Gasteiger partial charge >= 0.3 is 0 Å². The van der Waals surface area contributed by atoms with Crippen LogP contribution in [0.1, 0.15) is 24.5 Å². The van der Waals surface area contributed by atoms with Crippen LogP contribution in [0.5, 0.6) is 5.75 Å². The first-order valence-corrected chi connectivity index (χ1v) is 8.68. The van der Waals surface area contributed by atoms with Gasteiger partial charge in [0, 0.05) is 23.7 Å². The highest BCUT2D eigenvalue weighted by Gasteiger charge is 2.08. The molecule has 2 aromatic carbocycles. The first kappa shape index (κ1) is 17.7. The molecule has 0 aliphatic rings. The van der Waals surface area contributed by atoms with E-state index in [-0.39, 0.29) is 17.9 Å². The van der Waals surface area contributed by atoms with E-state index in [1.807, 2.05) is 42.5 Å². The van der Waals surface area contributed by atoms with E-state index in [0.29, 0.717) is 17.7 Å². The minimum Gasteiger partial charge on any atom is -0.497 e. The molecule has 134 valence electrons. The zero-order valence-electron chi connectivity index (χ0n) is 15.0. The number of benzene rings is 2. The molecule has 3 rings (SSSR count). The molecular weight excluding hydrogens is 328 g/mol. The normalized spacial score (nSPS) is 10.7. The Kier molecular flexibility index (Phi) is 5.37. The van der Waals surface area contributed by atoms with E-state index >= 15 is 0 Å². The smallest absolute Gasteiger partial charge is 0.251 e. The number of pyridine rings is 1. The lowest BCUT2D eigenvalue weighted by atomic mass is 10.1. The average molecular weight is 350 g/mol. The molecule has 1 heterocycles. The Labute approximate surface area is 152 Å². The summed E-state index contributed by atoms with van der Waals surface area (Å²) in [5.41, 5.74) is 3.14. The number of anilines is 1. The lowest BCUT2D eigenvalue weighted by Crippen LogP contribution is -2.17. The maximum atomic E-state index is 12.2. The van der Waals surface area contributed by atoms with Crippen LogP contribution in [0.2, 0.25) is 0 Å². The number of fused-ring (bicyclic) bond motifs is 1. The molecule has 2 N–H and O–H groups in total. The van der Waals surface area contributed by atoms with E-state index in [9.17, 15) is 9.59 Å². The van der Waals surface area contributed by atoms with Crippen LogP contribution < -0.4 is 15.6 Å². The third-order valence-corrected chi connectivity index (χ3v) is 4.40. The molecule has 5 heteroatoms. The number of rotatable bonds is 6. The van der Waals surface area contributed by atoms with Crippen molar-refractivity contribution < 1.29 is 9.53 Å². The lowest BCUT2D eigenvalue weighted by molar-refractivity contribution is -0.116. The van der Waals surface area contributed by atoms with Crippen LogP contribution in [0.3, 0.4) is 0 Å². The zero-order valence-corrected chi connectivity index (χ0v) is 15.0. The summed E-state index contributed by atoms with van der Waals surface area (Å²) in [4.78, 5) is 27.3. The van der Waals surface area contributed by atoms with Crippen molar-refractivity contribution in [1.82, 2.24) is 4.98 Å². The maximum Gasteiger partial charge on any atom is 0.251 e. The van der Waals surface area contributed by atoms with Gasteiger partial charge in [-0.25, -0.2) is 0 Å². The van der Waals surface area contributed by atoms with E-state index in [4.69, 9.17) is 4.74 Å². The van der Waals surface area contributed by atoms with E-state index in [1.54, 1.807) is 13.2 Å². The summed E-state index contributed by atoms with van der Waals surface area (Å²) >= 11 is 0. The lowest BCUT2D eigenvalue weighted by Gasteiger charge is -2.07. The van der Waals surface area contributed by atoms with Crippen LogP contribution in [-0.4, -0.2) is 18.0 Å². The largest absolute Gasteiger partial charge is 0.497 e. The highest BCUT2D eigenvalue weighted by Crippen LogP contribution is 2.19. The molecule has 0 bridgehead atoms. The number of aromatic amines is 1. The number of carbonyl (C=O) groups excluding carboxylic acids is 1. The molecule has 3 aromatic rings. The fourth-order valence-corrected chi connectivity index (χ4v) is 2.83. The summed E-state index contributed by atoms with van der Waals surface area (Å²) in [6.45, 7) is 2.09. The summed E-state index contributed by atoms with van der Waals surface area (Å²) in [5, 5.41) is 3.78. The van der Waals surface area contributed by atoms with Crippen molar-refractivity contribution in [2.75, 3.05) is 12.4 Å². The van der Waals surface area contributed by atoms with Crippen LogP contribution in [0.15, 0.2) is 53.3 Å². The van der Waals surface area contributed by atoms with E-state index in [0.717, 1.165) is 23.0 Å². The van der Waals surface area contributed by atoms with Gasteiger partial charge in [0.25, 0.3) is 5.56 Å². The topological polar surface area (TPSA) is 71.2 Å². The van der Waals surface area contributed by atoms with Gasteiger partial charge in [-0.2, -0.15) is 0 Å². The van der Waals surface area contributed by atoms with Crippen LogP contribution in [0.4, 0.5) is 5.69 Å². The van der Waals surface area contributed by atoms with E-state index < -0.39 is 0 Å². The summed E-state index contributed by atoms with van der Waals surface area (Å²) in [6.07, 6.45) is 1.60. The molecule has 0 radical (unpaired) electrons. The third-order valence-electron chi connectivity index (χ3n) is 4.40. The van der Waals surface area contributed by atoms with Crippen molar-refractivity contribution in [2.45, 2.75) is 26.2 Å². The van der Waals surface area contributed by atoms with Gasteiger partial charge < -0.3 is 15.0 Å². The zero-order chi connectivity index (χ0) is 18.5. The van der Waals surface area contributed by atoms with Gasteiger partial charge in [-0.1, -0.05) is 19.1 Å². The Morgan fingerprint density at radius 3 is 2.58 bits per heavy atom. The number of amides is 1. The van der Waals surface area contributed by atoms with E-state index in [2.05, 4.69) is 17.2 Å². The number of aryl methyl sites for hydroxylation is 2. The first-order chi connectivity index (χ1) is 12.6. The van der Waals surface area contributed by atoms with Crippen LogP contribution >= 0.6 is 0 Å². The summed E-state index contributed by atoms with van der Waals surface area (Å²) in [7, 11) is 1.59. The van der Waals surface area contributed by atoms with Gasteiger partial charge in [0.05, 0.1) is 12.6 Å². The number of carbonyl (C=O) groups is 1. The predicted octanol–water partition coefficient (Wildman–Crippen LogP) is 3.67. The van der Waals surface area contributed by atoms with Crippen molar-refractivity contribution in [3.8, 4) is 5.75 Å². The van der Waals surface area contributed by atoms with Crippen LogP contribution in [0.25, 0.3) is 10.9 Å². The average Bonchev–Trinajstić information content (AvgIpc) is 2.66. The molecule has 0 aliphatic carbocycles. The number of aromatic nitrogens is 1. The van der Waals surface area contributed by atoms with Gasteiger partial charge in [0.1, 0.15) is 5.75 Å². The standard InChI is InChI=1S/C21H22N2O3/c1-3-14-4-8-17(9-5-14)22-20(24)11-7-16-12-15-6-10-18(26-2)13-19(15)23-21(16)25/h4-6,8-10,12-13H,3,7,11H2,1-2H3,(H,22,24)(H,23,25). The molecule has 0 atom stereocenters. The first-order valence-electron chi connectivity index (χ1n) is 8.68. The monoisotopic (exact) mass is 350 g/mol. The fourth-order valence-electron chi connectivity index (χ4n) is 2.83. The summed E-state index contributed by atoms with van der Waals surface area (Å²) in [5.74, 6) is 0.581. The summed E-state index contributed by atoms with van der Waals surface area (Å²) < 4.78 is 5.17. The number of H-pyrrole nitrogens is 1. The molecule has 1 aromatic heterocycles. The second-order valence-corrected chi connectivity index (χ2v) is 6.18. The minimum absolute atomic E-state index is 0.108. The third kappa shape index (κ3) is 4.11. The Morgan fingerprint density at radius 1 is 1.12 bits per heavy atom. The van der Waals surface area contributed by atoms with Crippen molar-refractivity contribution in [3.05, 3.63) is 70.0 Å². The molecule has 5 nitrogen and oxygen atoms in total. The number of methoxy groups -OCH3 is 1. The molecule has 0 spiro atoms. The van der Waals surface area contributed by atoms with Gasteiger partial charge in [0.15, 0.2) is 0 Å². The Balaban J connectivity index is 1.67. The number of hydrogen-bond donors (Lipinski definition) is 2. The van der Waals surface area contributed by atoms with Crippen molar-refractivity contribution >= 4 is 22.5 Å². The molecule has 0 fully saturated rings. The molecule has 0 saturated heterocycles. The van der Waals surface area contributed by atoms with Crippen LogP contribution in [0, 0.1) is 0 Å². The number of hydrogen-bond acceptors (Lipinski definition) is 3. The quantitative estimate of drug-likeness (QED) is 0.712. The molecule has 26 heavy (non-hydrogen) atoms. The Bertz CT molecular complexity index is 975. The predicted molar refractivity (Wildman–Crippen MR) is 104 cm³/mol. The highest BCUT2D eigenvalue weighted by molar-refractivity contribution is 5.91. The molecular formula is C21H22N2O3. The summed E-state index contributed by atoms with van der Waals surface area (Å²) in [6, 6.07) is 15.1. The second-order valence-electron chi connectivity index (χ2n) is 6.18. The fraction of sp³-hybridized carbons (Fsp3) is 0.238. The molecule has 0 aliphatic heterocycles. The second kappa shape index (κ2) is 7.87. The van der Waals surface area contributed by atoms with Gasteiger partial charge in [0.2, 0.25) is 5.91 Å². The van der Waals surface area contributed by atoms with Gasteiger partial charge in [-0.05, 0) is 54.1 Å². The number of ether oxygens (including phenoxy) is 1. The highest BCUT2D eigenvalue weighted by atomic mass is 16.5. The number of nitrogens with one attached hydrogen (secondary N) is 2. The van der Waals surface area contributed by atoms with E-state index in [1.165, 1.54) is 5.56 Å². The van der Waals surface area contributed by atoms with Gasteiger partial charge in [-0.15, -0.1) is 0 Å². The van der Waals surface area contributed by atoms with Crippen LogP contribution in [-0.2, 0) is 17.6 Å². The van der Waals surface area contributed by atoms with Crippen molar-refractivity contribution in [2.24, 2.45) is 0 Å². The maximum absolute atomic E-state index is 12.2. The molecule has 1 amide bonds.